The highest BCUT2D eigenvalue weighted by Crippen LogP contribution is 2.06. The zero-order chi connectivity index (χ0) is 10.6. The molecule has 1 aromatic heterocycles. The summed E-state index contributed by atoms with van der Waals surface area (Å²) in [6.45, 7) is 3.92. The van der Waals surface area contributed by atoms with Crippen LogP contribution in [0.2, 0.25) is 0 Å². The third-order valence-corrected chi connectivity index (χ3v) is 2.06. The van der Waals surface area contributed by atoms with E-state index in [-0.39, 0.29) is 0 Å². The van der Waals surface area contributed by atoms with E-state index in [0.29, 0.717) is 0 Å². The molecule has 78 valence electrons. The number of aromatic nitrogens is 2. The number of aryl methyl sites for hydroxylation is 1. The standard InChI is InChI=1S/C10H18N4/c1-9-5-6-10(12-11-9)14(4)8-7-13(2)3/h5-6H,7-8H2,1-4H3. The van der Waals surface area contributed by atoms with E-state index < -0.39 is 0 Å². The summed E-state index contributed by atoms with van der Waals surface area (Å²) in [6.07, 6.45) is 0. The maximum atomic E-state index is 4.11. The summed E-state index contributed by atoms with van der Waals surface area (Å²) < 4.78 is 0. The van der Waals surface area contributed by atoms with Crippen LogP contribution >= 0.6 is 0 Å². The van der Waals surface area contributed by atoms with Crippen LogP contribution < -0.4 is 4.90 Å². The Bertz CT molecular complexity index is 268. The lowest BCUT2D eigenvalue weighted by atomic mass is 10.4. The van der Waals surface area contributed by atoms with Crippen LogP contribution in [-0.4, -0.2) is 49.3 Å². The molecule has 4 heteroatoms. The summed E-state index contributed by atoms with van der Waals surface area (Å²) in [7, 11) is 6.16. The van der Waals surface area contributed by atoms with Gasteiger partial charge in [0.2, 0.25) is 0 Å². The Balaban J connectivity index is 2.52. The molecule has 0 atom stereocenters. The van der Waals surface area contributed by atoms with Crippen molar-refractivity contribution in [1.82, 2.24) is 15.1 Å². The second-order valence-electron chi connectivity index (χ2n) is 3.76. The number of anilines is 1. The fourth-order valence-electron chi connectivity index (χ4n) is 1.06. The van der Waals surface area contributed by atoms with Gasteiger partial charge in [-0.3, -0.25) is 0 Å². The van der Waals surface area contributed by atoms with Crippen LogP contribution in [0.4, 0.5) is 5.82 Å². The molecule has 0 amide bonds. The van der Waals surface area contributed by atoms with Crippen molar-refractivity contribution in [1.29, 1.82) is 0 Å². The Morgan fingerprint density at radius 2 is 1.79 bits per heavy atom. The van der Waals surface area contributed by atoms with Crippen LogP contribution in [0.5, 0.6) is 0 Å². The van der Waals surface area contributed by atoms with E-state index >= 15 is 0 Å². The Morgan fingerprint density at radius 1 is 1.07 bits per heavy atom. The van der Waals surface area contributed by atoms with Gasteiger partial charge < -0.3 is 9.80 Å². The molecule has 0 aliphatic carbocycles. The highest BCUT2D eigenvalue weighted by atomic mass is 15.3. The average molecular weight is 194 g/mol. The molecule has 4 nitrogen and oxygen atoms in total. The highest BCUT2D eigenvalue weighted by molar-refractivity contribution is 5.35. The lowest BCUT2D eigenvalue weighted by molar-refractivity contribution is 0.416. The number of hydrogen-bond donors (Lipinski definition) is 0. The van der Waals surface area contributed by atoms with Crippen molar-refractivity contribution >= 4 is 5.82 Å². The van der Waals surface area contributed by atoms with Gasteiger partial charge in [0.25, 0.3) is 0 Å². The minimum Gasteiger partial charge on any atom is -0.357 e. The third kappa shape index (κ3) is 3.30. The largest absolute Gasteiger partial charge is 0.357 e. The number of rotatable bonds is 4. The summed E-state index contributed by atoms with van der Waals surface area (Å²) in [5.41, 5.74) is 0.953. The summed E-state index contributed by atoms with van der Waals surface area (Å²) in [5.74, 6) is 0.928. The Kier molecular flexibility index (Phi) is 3.83. The molecule has 0 aliphatic heterocycles. The number of likely N-dealkylation sites (N-methyl/N-ethyl adjacent to an activating group) is 2. The molecular weight excluding hydrogens is 176 g/mol. The predicted octanol–water partition coefficient (Wildman–Crippen LogP) is 0.783. The monoisotopic (exact) mass is 194 g/mol. The van der Waals surface area contributed by atoms with Gasteiger partial charge in [0.05, 0.1) is 5.69 Å². The fourth-order valence-corrected chi connectivity index (χ4v) is 1.06. The molecule has 0 unspecified atom stereocenters. The molecular formula is C10H18N4. The van der Waals surface area contributed by atoms with Crippen molar-refractivity contribution in [2.45, 2.75) is 6.92 Å². The zero-order valence-corrected chi connectivity index (χ0v) is 9.36. The van der Waals surface area contributed by atoms with Gasteiger partial charge >= 0.3 is 0 Å². The quantitative estimate of drug-likeness (QED) is 0.709. The van der Waals surface area contributed by atoms with Crippen LogP contribution in [0.3, 0.4) is 0 Å². The Hall–Kier alpha value is -1.16. The van der Waals surface area contributed by atoms with Crippen molar-refractivity contribution < 1.29 is 0 Å². The maximum Gasteiger partial charge on any atom is 0.151 e. The van der Waals surface area contributed by atoms with Gasteiger partial charge in [0.15, 0.2) is 5.82 Å². The predicted molar refractivity (Wildman–Crippen MR) is 58.6 cm³/mol. The second-order valence-corrected chi connectivity index (χ2v) is 3.76. The molecule has 0 aliphatic rings. The van der Waals surface area contributed by atoms with Gasteiger partial charge in [-0.1, -0.05) is 0 Å². The van der Waals surface area contributed by atoms with Crippen molar-refractivity contribution in [3.8, 4) is 0 Å². The van der Waals surface area contributed by atoms with Crippen LogP contribution in [0.25, 0.3) is 0 Å². The van der Waals surface area contributed by atoms with E-state index in [1.165, 1.54) is 0 Å². The molecule has 0 saturated carbocycles. The molecule has 1 aromatic rings. The second kappa shape index (κ2) is 4.91. The van der Waals surface area contributed by atoms with Crippen LogP contribution in [0.1, 0.15) is 5.69 Å². The molecule has 1 rings (SSSR count). The van der Waals surface area contributed by atoms with Crippen LogP contribution in [0, 0.1) is 6.92 Å². The fraction of sp³-hybridized carbons (Fsp3) is 0.600. The first-order valence-electron chi connectivity index (χ1n) is 4.76. The number of nitrogens with zero attached hydrogens (tertiary/aromatic N) is 4. The summed E-state index contributed by atoms with van der Waals surface area (Å²) in [6, 6.07) is 3.98. The molecule has 0 N–H and O–H groups in total. The van der Waals surface area contributed by atoms with E-state index in [9.17, 15) is 0 Å². The van der Waals surface area contributed by atoms with Gasteiger partial charge in [-0.15, -0.1) is 5.10 Å². The minimum absolute atomic E-state index is 0.928. The first-order valence-corrected chi connectivity index (χ1v) is 4.76. The van der Waals surface area contributed by atoms with E-state index in [1.807, 2.05) is 26.1 Å². The maximum absolute atomic E-state index is 4.11. The average Bonchev–Trinajstić information content (AvgIpc) is 2.15. The van der Waals surface area contributed by atoms with Crippen molar-refractivity contribution in [3.63, 3.8) is 0 Å². The van der Waals surface area contributed by atoms with Gasteiger partial charge in [-0.25, -0.2) is 0 Å². The van der Waals surface area contributed by atoms with Gasteiger partial charge in [0.1, 0.15) is 0 Å². The van der Waals surface area contributed by atoms with E-state index in [4.69, 9.17) is 0 Å². The number of hydrogen-bond acceptors (Lipinski definition) is 4. The molecule has 0 radical (unpaired) electrons. The first-order chi connectivity index (χ1) is 6.59. The topological polar surface area (TPSA) is 32.3 Å². The molecule has 14 heavy (non-hydrogen) atoms. The highest BCUT2D eigenvalue weighted by Gasteiger charge is 2.02. The van der Waals surface area contributed by atoms with Crippen molar-refractivity contribution in [2.24, 2.45) is 0 Å². The zero-order valence-electron chi connectivity index (χ0n) is 9.36. The van der Waals surface area contributed by atoms with Crippen LogP contribution in [0.15, 0.2) is 12.1 Å². The molecule has 1 heterocycles. The summed E-state index contributed by atoms with van der Waals surface area (Å²) >= 11 is 0. The molecule has 0 spiro atoms. The summed E-state index contributed by atoms with van der Waals surface area (Å²) in [4.78, 5) is 4.25. The SMILES string of the molecule is Cc1ccc(N(C)CCN(C)C)nn1. The Labute approximate surface area is 85.5 Å². The third-order valence-electron chi connectivity index (χ3n) is 2.06. The summed E-state index contributed by atoms with van der Waals surface area (Å²) in [5, 5.41) is 8.14. The normalized spacial score (nSPS) is 10.6. The lowest BCUT2D eigenvalue weighted by Crippen LogP contribution is -2.29. The first kappa shape index (κ1) is 10.9. The minimum atomic E-state index is 0.928. The molecule has 0 fully saturated rings. The van der Waals surface area contributed by atoms with Crippen LogP contribution in [-0.2, 0) is 0 Å². The smallest absolute Gasteiger partial charge is 0.151 e. The van der Waals surface area contributed by atoms with E-state index in [0.717, 1.165) is 24.6 Å². The molecule has 0 aromatic carbocycles. The van der Waals surface area contributed by atoms with Crippen molar-refractivity contribution in [2.75, 3.05) is 39.1 Å². The van der Waals surface area contributed by atoms with Gasteiger partial charge in [-0.2, -0.15) is 5.10 Å². The lowest BCUT2D eigenvalue weighted by Gasteiger charge is -2.19. The van der Waals surface area contributed by atoms with Crippen molar-refractivity contribution in [3.05, 3.63) is 17.8 Å². The Morgan fingerprint density at radius 3 is 2.29 bits per heavy atom. The van der Waals surface area contributed by atoms with Gasteiger partial charge in [0, 0.05) is 20.1 Å². The van der Waals surface area contributed by atoms with E-state index in [2.05, 4.69) is 34.1 Å². The van der Waals surface area contributed by atoms with Gasteiger partial charge in [-0.05, 0) is 33.2 Å². The molecule has 0 bridgehead atoms. The molecule has 0 saturated heterocycles. The van der Waals surface area contributed by atoms with E-state index in [1.54, 1.807) is 0 Å².